The summed E-state index contributed by atoms with van der Waals surface area (Å²) in [6.45, 7) is 0. The summed E-state index contributed by atoms with van der Waals surface area (Å²) >= 11 is 0. The van der Waals surface area contributed by atoms with Crippen molar-refractivity contribution >= 4 is 5.91 Å². The van der Waals surface area contributed by atoms with Gasteiger partial charge in [-0.3, -0.25) is 9.78 Å². The van der Waals surface area contributed by atoms with Crippen molar-refractivity contribution in [1.82, 2.24) is 10.3 Å². The highest BCUT2D eigenvalue weighted by molar-refractivity contribution is 5.77. The van der Waals surface area contributed by atoms with Gasteiger partial charge in [-0.15, -0.1) is 0 Å². The van der Waals surface area contributed by atoms with Crippen LogP contribution in [-0.2, 0) is 17.4 Å². The lowest BCUT2D eigenvalue weighted by atomic mass is 9.79. The lowest BCUT2D eigenvalue weighted by molar-refractivity contribution is -0.137. The first kappa shape index (κ1) is 18.4. The fraction of sp³-hybridized carbons (Fsp3) is 0.368. The van der Waals surface area contributed by atoms with Gasteiger partial charge in [-0.1, -0.05) is 6.07 Å². The van der Waals surface area contributed by atoms with Crippen molar-refractivity contribution in [3.8, 4) is 11.1 Å². The van der Waals surface area contributed by atoms with Gasteiger partial charge in [0.15, 0.2) is 0 Å². The van der Waals surface area contributed by atoms with Gasteiger partial charge >= 0.3 is 6.18 Å². The molecule has 1 aliphatic carbocycles. The van der Waals surface area contributed by atoms with Gasteiger partial charge in [0.1, 0.15) is 5.82 Å². The van der Waals surface area contributed by atoms with E-state index in [2.05, 4.69) is 10.3 Å². The number of alkyl halides is 3. The van der Waals surface area contributed by atoms with Crippen LogP contribution in [0.2, 0.25) is 0 Å². The monoisotopic (exact) mass is 366 g/mol. The van der Waals surface area contributed by atoms with E-state index in [-0.39, 0.29) is 17.4 Å². The molecule has 0 radical (unpaired) electrons. The molecule has 3 rings (SSSR count). The Balaban J connectivity index is 2.03. The third-order valence-electron chi connectivity index (χ3n) is 4.81. The Labute approximate surface area is 148 Å². The third kappa shape index (κ3) is 3.57. The Morgan fingerprint density at radius 3 is 2.69 bits per heavy atom. The van der Waals surface area contributed by atoms with Crippen molar-refractivity contribution in [2.45, 2.75) is 37.8 Å². The van der Waals surface area contributed by atoms with Crippen LogP contribution in [0.5, 0.6) is 0 Å². The molecule has 1 aliphatic rings. The number of hydrogen-bond acceptors (Lipinski definition) is 2. The van der Waals surface area contributed by atoms with Crippen molar-refractivity contribution in [1.29, 1.82) is 0 Å². The van der Waals surface area contributed by atoms with Gasteiger partial charge in [0, 0.05) is 37.0 Å². The molecule has 0 saturated carbocycles. The highest BCUT2D eigenvalue weighted by Crippen LogP contribution is 2.40. The topological polar surface area (TPSA) is 42.0 Å². The van der Waals surface area contributed by atoms with E-state index in [9.17, 15) is 22.4 Å². The summed E-state index contributed by atoms with van der Waals surface area (Å²) in [6.07, 6.45) is 1.20. The highest BCUT2D eigenvalue weighted by Gasteiger charge is 2.32. The average molecular weight is 366 g/mol. The van der Waals surface area contributed by atoms with Crippen molar-refractivity contribution in [3.05, 3.63) is 53.1 Å². The highest BCUT2D eigenvalue weighted by atomic mass is 19.4. The van der Waals surface area contributed by atoms with E-state index in [0.717, 1.165) is 36.1 Å². The number of fused-ring (bicyclic) bond motifs is 1. The van der Waals surface area contributed by atoms with Gasteiger partial charge in [-0.2, -0.15) is 13.2 Å². The van der Waals surface area contributed by atoms with E-state index in [1.807, 2.05) is 0 Å². The van der Waals surface area contributed by atoms with E-state index in [1.165, 1.54) is 6.20 Å². The fourth-order valence-electron chi connectivity index (χ4n) is 3.49. The number of halogens is 4. The molecule has 0 bridgehead atoms. The van der Waals surface area contributed by atoms with Gasteiger partial charge in [0.2, 0.25) is 5.91 Å². The molecule has 1 N–H and O–H groups in total. The zero-order valence-corrected chi connectivity index (χ0v) is 14.2. The number of rotatable bonds is 3. The second kappa shape index (κ2) is 7.05. The molecule has 0 saturated heterocycles. The number of carbonyl (C=O) groups is 1. The number of pyridine rings is 1. The molecule has 1 unspecified atom stereocenters. The average Bonchev–Trinajstić information content (AvgIpc) is 2.60. The van der Waals surface area contributed by atoms with Gasteiger partial charge in [0.25, 0.3) is 0 Å². The van der Waals surface area contributed by atoms with Crippen LogP contribution >= 0.6 is 0 Å². The van der Waals surface area contributed by atoms with Crippen molar-refractivity contribution in [2.24, 2.45) is 0 Å². The molecular weight excluding hydrogens is 348 g/mol. The zero-order chi connectivity index (χ0) is 18.9. The second-order valence-corrected chi connectivity index (χ2v) is 6.41. The molecule has 0 fully saturated rings. The molecule has 0 spiro atoms. The Hall–Kier alpha value is -2.44. The van der Waals surface area contributed by atoms with E-state index >= 15 is 0 Å². The molecule has 0 aliphatic heterocycles. The molecule has 138 valence electrons. The first-order valence-corrected chi connectivity index (χ1v) is 8.35. The molecular formula is C19H18F4N2O. The van der Waals surface area contributed by atoms with Gasteiger partial charge < -0.3 is 5.32 Å². The number of benzene rings is 1. The number of nitrogens with zero attached hydrogens (tertiary/aromatic N) is 1. The number of nitrogens with one attached hydrogen (secondary N) is 1. The second-order valence-electron chi connectivity index (χ2n) is 6.41. The Bertz CT molecular complexity index is 833. The smallest absolute Gasteiger partial charge is 0.359 e. The molecule has 1 aromatic carbocycles. The summed E-state index contributed by atoms with van der Waals surface area (Å²) in [5.74, 6) is -1.04. The van der Waals surface area contributed by atoms with Crippen LogP contribution in [0, 0.1) is 5.82 Å². The molecule has 2 aromatic rings. The Morgan fingerprint density at radius 2 is 2.04 bits per heavy atom. The van der Waals surface area contributed by atoms with Crippen LogP contribution in [0.15, 0.2) is 30.6 Å². The molecule has 1 heterocycles. The first-order valence-electron chi connectivity index (χ1n) is 8.35. The first-order chi connectivity index (χ1) is 12.3. The summed E-state index contributed by atoms with van der Waals surface area (Å²) in [6, 6.07) is 2.54. The van der Waals surface area contributed by atoms with Crippen LogP contribution in [0.25, 0.3) is 11.1 Å². The maximum absolute atomic E-state index is 14.4. The van der Waals surface area contributed by atoms with Gasteiger partial charge in [-0.05, 0) is 48.4 Å². The zero-order valence-electron chi connectivity index (χ0n) is 14.2. The van der Waals surface area contributed by atoms with Crippen LogP contribution in [0.4, 0.5) is 17.6 Å². The summed E-state index contributed by atoms with van der Waals surface area (Å²) in [5.41, 5.74) is 1.31. The maximum atomic E-state index is 14.4. The number of hydrogen-bond donors (Lipinski definition) is 1. The standard InChI is InChI=1S/C19H18F4N2O/c1-24-18(26)7-11-3-2-4-13-15(11)9-25-10-16(13)14-6-5-12(8-17(14)20)19(21,22)23/h5-6,8-11H,2-4,7H2,1H3,(H,24,26). The summed E-state index contributed by atoms with van der Waals surface area (Å²) < 4.78 is 52.7. The lowest BCUT2D eigenvalue weighted by Crippen LogP contribution is -2.23. The van der Waals surface area contributed by atoms with Gasteiger partial charge in [0.05, 0.1) is 5.56 Å². The van der Waals surface area contributed by atoms with Crippen molar-refractivity contribution in [3.63, 3.8) is 0 Å². The van der Waals surface area contributed by atoms with Crippen LogP contribution in [-0.4, -0.2) is 17.9 Å². The van der Waals surface area contributed by atoms with Crippen molar-refractivity contribution < 1.29 is 22.4 Å². The lowest BCUT2D eigenvalue weighted by Gasteiger charge is -2.26. The van der Waals surface area contributed by atoms with E-state index in [0.29, 0.717) is 24.5 Å². The maximum Gasteiger partial charge on any atom is 0.416 e. The molecule has 3 nitrogen and oxygen atoms in total. The van der Waals surface area contributed by atoms with E-state index in [1.54, 1.807) is 13.2 Å². The molecule has 26 heavy (non-hydrogen) atoms. The molecule has 1 atom stereocenters. The van der Waals surface area contributed by atoms with Crippen LogP contribution < -0.4 is 5.32 Å². The van der Waals surface area contributed by atoms with Crippen LogP contribution in [0.3, 0.4) is 0 Å². The third-order valence-corrected chi connectivity index (χ3v) is 4.81. The predicted molar refractivity (Wildman–Crippen MR) is 89.0 cm³/mol. The van der Waals surface area contributed by atoms with Gasteiger partial charge in [-0.25, -0.2) is 4.39 Å². The van der Waals surface area contributed by atoms with Crippen LogP contribution in [0.1, 0.15) is 41.9 Å². The van der Waals surface area contributed by atoms with E-state index < -0.39 is 17.6 Å². The number of carbonyl (C=O) groups excluding carboxylic acids is 1. The fourth-order valence-corrected chi connectivity index (χ4v) is 3.49. The number of amides is 1. The minimum Gasteiger partial charge on any atom is -0.359 e. The molecule has 1 amide bonds. The SMILES string of the molecule is CNC(=O)CC1CCCc2c(-c3ccc(C(F)(F)F)cc3F)cncc21. The Morgan fingerprint density at radius 1 is 1.27 bits per heavy atom. The minimum absolute atomic E-state index is 0.0244. The van der Waals surface area contributed by atoms with E-state index in [4.69, 9.17) is 0 Å². The normalized spacial score (nSPS) is 16.9. The number of aromatic nitrogens is 1. The predicted octanol–water partition coefficient (Wildman–Crippen LogP) is 4.46. The summed E-state index contributed by atoms with van der Waals surface area (Å²) in [5, 5.41) is 2.59. The summed E-state index contributed by atoms with van der Waals surface area (Å²) in [7, 11) is 1.57. The Kier molecular flexibility index (Phi) is 4.98. The largest absolute Gasteiger partial charge is 0.416 e. The molecule has 1 aromatic heterocycles. The summed E-state index contributed by atoms with van der Waals surface area (Å²) in [4.78, 5) is 15.9. The quantitative estimate of drug-likeness (QED) is 0.815. The van der Waals surface area contributed by atoms with Crippen molar-refractivity contribution in [2.75, 3.05) is 7.05 Å². The minimum atomic E-state index is -4.59. The molecule has 7 heteroatoms.